The zero-order chi connectivity index (χ0) is 18.1. The number of carbonyl (C=O) groups excluding carboxylic acids is 2. The fourth-order valence-corrected chi connectivity index (χ4v) is 3.19. The summed E-state index contributed by atoms with van der Waals surface area (Å²) in [7, 11) is 1.81. The van der Waals surface area contributed by atoms with Gasteiger partial charge in [0.1, 0.15) is 6.04 Å². The molecular formula is C16H19ClN4O4. The summed E-state index contributed by atoms with van der Waals surface area (Å²) in [4.78, 5) is 39.4. The van der Waals surface area contributed by atoms with E-state index in [4.69, 9.17) is 21.8 Å². The van der Waals surface area contributed by atoms with E-state index in [0.717, 1.165) is 0 Å². The molecule has 1 atom stereocenters. The molecule has 3 rings (SSSR count). The molecule has 1 aliphatic rings. The van der Waals surface area contributed by atoms with Crippen LogP contribution in [-0.2, 0) is 16.1 Å². The fourth-order valence-electron chi connectivity index (χ4n) is 3.02. The van der Waals surface area contributed by atoms with Crippen LogP contribution >= 0.6 is 11.6 Å². The number of fused-ring (bicyclic) bond motifs is 1. The number of halogens is 1. The third kappa shape index (κ3) is 3.54. The standard InChI is InChI=1S/C16H19ClN4O4/c1-19-6-7-20(9-12(19)15(18)23)14(22)4-5-21-11-3-2-10(17)8-13(11)25-16(21)24/h2-3,8,12H,4-7,9H2,1H3,(H2,18,23)/t12-/m0/s1. The second-order valence-electron chi connectivity index (χ2n) is 6.12. The Labute approximate surface area is 148 Å². The lowest BCUT2D eigenvalue weighted by molar-refractivity contribution is -0.136. The molecule has 1 aromatic carbocycles. The molecule has 134 valence electrons. The van der Waals surface area contributed by atoms with Crippen molar-refractivity contribution in [1.82, 2.24) is 14.4 Å². The van der Waals surface area contributed by atoms with E-state index in [1.54, 1.807) is 30.1 Å². The summed E-state index contributed by atoms with van der Waals surface area (Å²) < 4.78 is 6.56. The lowest BCUT2D eigenvalue weighted by atomic mass is 10.1. The molecule has 0 aliphatic carbocycles. The number of aryl methyl sites for hydroxylation is 1. The van der Waals surface area contributed by atoms with E-state index in [1.165, 1.54) is 4.57 Å². The molecule has 0 saturated carbocycles. The smallest absolute Gasteiger partial charge is 0.408 e. The number of piperazine rings is 1. The molecule has 9 heteroatoms. The molecule has 2 aromatic rings. The van der Waals surface area contributed by atoms with E-state index in [-0.39, 0.29) is 25.4 Å². The maximum Gasteiger partial charge on any atom is 0.419 e. The van der Waals surface area contributed by atoms with E-state index in [1.807, 2.05) is 4.90 Å². The summed E-state index contributed by atoms with van der Waals surface area (Å²) in [5, 5.41) is 0.472. The highest BCUT2D eigenvalue weighted by atomic mass is 35.5. The minimum absolute atomic E-state index is 0.130. The topological polar surface area (TPSA) is 102 Å². The third-order valence-electron chi connectivity index (χ3n) is 4.51. The zero-order valence-corrected chi connectivity index (χ0v) is 14.5. The number of nitrogens with two attached hydrogens (primary N) is 1. The first-order valence-electron chi connectivity index (χ1n) is 7.93. The van der Waals surface area contributed by atoms with Crippen molar-refractivity contribution in [3.8, 4) is 0 Å². The summed E-state index contributed by atoms with van der Waals surface area (Å²) in [6.07, 6.45) is 0.131. The van der Waals surface area contributed by atoms with E-state index in [9.17, 15) is 14.4 Å². The van der Waals surface area contributed by atoms with Crippen LogP contribution in [0.4, 0.5) is 0 Å². The van der Waals surface area contributed by atoms with Gasteiger partial charge in [0.25, 0.3) is 0 Å². The number of amides is 2. The molecule has 2 amide bonds. The van der Waals surface area contributed by atoms with Gasteiger partial charge in [0.15, 0.2) is 5.58 Å². The molecule has 25 heavy (non-hydrogen) atoms. The Kier molecular flexibility index (Phi) is 4.82. The highest BCUT2D eigenvalue weighted by Gasteiger charge is 2.30. The van der Waals surface area contributed by atoms with Gasteiger partial charge in [0, 0.05) is 43.7 Å². The molecule has 0 bridgehead atoms. The Balaban J connectivity index is 1.70. The molecule has 2 heterocycles. The molecule has 1 fully saturated rings. The normalized spacial score (nSPS) is 18.6. The summed E-state index contributed by atoms with van der Waals surface area (Å²) in [6, 6.07) is 4.42. The monoisotopic (exact) mass is 366 g/mol. The van der Waals surface area contributed by atoms with Gasteiger partial charge in [-0.15, -0.1) is 0 Å². The molecule has 0 spiro atoms. The van der Waals surface area contributed by atoms with Crippen LogP contribution in [0.2, 0.25) is 5.02 Å². The third-order valence-corrected chi connectivity index (χ3v) is 4.74. The lowest BCUT2D eigenvalue weighted by Gasteiger charge is -2.37. The summed E-state index contributed by atoms with van der Waals surface area (Å²) >= 11 is 5.89. The van der Waals surface area contributed by atoms with Crippen LogP contribution in [0.15, 0.2) is 27.4 Å². The fraction of sp³-hybridized carbons (Fsp3) is 0.438. The maximum absolute atomic E-state index is 12.5. The van der Waals surface area contributed by atoms with Gasteiger partial charge < -0.3 is 15.1 Å². The summed E-state index contributed by atoms with van der Waals surface area (Å²) in [5.41, 5.74) is 6.36. The quantitative estimate of drug-likeness (QED) is 0.836. The lowest BCUT2D eigenvalue weighted by Crippen LogP contribution is -2.58. The number of aromatic nitrogens is 1. The molecule has 1 saturated heterocycles. The van der Waals surface area contributed by atoms with Crippen LogP contribution in [0.25, 0.3) is 11.1 Å². The van der Waals surface area contributed by atoms with Crippen molar-refractivity contribution >= 4 is 34.5 Å². The van der Waals surface area contributed by atoms with Gasteiger partial charge in [-0.1, -0.05) is 11.6 Å². The Morgan fingerprint density at radius 2 is 2.12 bits per heavy atom. The number of benzene rings is 1. The van der Waals surface area contributed by atoms with Crippen LogP contribution in [0.3, 0.4) is 0 Å². The average molecular weight is 367 g/mol. The number of hydrogen-bond acceptors (Lipinski definition) is 5. The number of nitrogens with zero attached hydrogens (tertiary/aromatic N) is 3. The SMILES string of the molecule is CN1CCN(C(=O)CCn2c(=O)oc3cc(Cl)ccc32)C[C@H]1C(N)=O. The molecular weight excluding hydrogens is 348 g/mol. The van der Waals surface area contributed by atoms with Gasteiger partial charge in [0.05, 0.1) is 5.52 Å². The van der Waals surface area contributed by atoms with Crippen molar-refractivity contribution in [3.63, 3.8) is 0 Å². The van der Waals surface area contributed by atoms with Crippen LogP contribution in [0.1, 0.15) is 6.42 Å². The zero-order valence-electron chi connectivity index (χ0n) is 13.8. The minimum Gasteiger partial charge on any atom is -0.408 e. The number of oxazole rings is 1. The largest absolute Gasteiger partial charge is 0.419 e. The van der Waals surface area contributed by atoms with Crippen molar-refractivity contribution in [2.24, 2.45) is 5.73 Å². The molecule has 1 aromatic heterocycles. The van der Waals surface area contributed by atoms with Crippen LogP contribution in [-0.4, -0.2) is 58.9 Å². The van der Waals surface area contributed by atoms with Crippen molar-refractivity contribution in [1.29, 1.82) is 0 Å². The average Bonchev–Trinajstić information content (AvgIpc) is 2.87. The first-order valence-corrected chi connectivity index (χ1v) is 8.31. The van der Waals surface area contributed by atoms with Gasteiger partial charge in [-0.3, -0.25) is 19.1 Å². The number of carbonyl (C=O) groups is 2. The Bertz CT molecular complexity index is 875. The highest BCUT2D eigenvalue weighted by Crippen LogP contribution is 2.19. The first kappa shape index (κ1) is 17.5. The molecule has 0 unspecified atom stereocenters. The van der Waals surface area contributed by atoms with Crippen LogP contribution < -0.4 is 11.5 Å². The minimum atomic E-state index is -0.529. The number of likely N-dealkylation sites (N-methyl/N-ethyl adjacent to an activating group) is 1. The van der Waals surface area contributed by atoms with E-state index in [0.29, 0.717) is 29.2 Å². The second-order valence-corrected chi connectivity index (χ2v) is 6.56. The van der Waals surface area contributed by atoms with Gasteiger partial charge in [-0.05, 0) is 19.2 Å². The predicted octanol–water partition coefficient (Wildman–Crippen LogP) is 0.266. The number of hydrogen-bond donors (Lipinski definition) is 1. The molecule has 2 N–H and O–H groups in total. The van der Waals surface area contributed by atoms with Crippen molar-refractivity contribution in [2.75, 3.05) is 26.7 Å². The highest BCUT2D eigenvalue weighted by molar-refractivity contribution is 6.31. The van der Waals surface area contributed by atoms with Gasteiger partial charge >= 0.3 is 5.76 Å². The van der Waals surface area contributed by atoms with Crippen molar-refractivity contribution < 1.29 is 14.0 Å². The van der Waals surface area contributed by atoms with Crippen LogP contribution in [0.5, 0.6) is 0 Å². The van der Waals surface area contributed by atoms with Crippen molar-refractivity contribution in [2.45, 2.75) is 19.0 Å². The Morgan fingerprint density at radius 1 is 1.36 bits per heavy atom. The second kappa shape index (κ2) is 6.89. The number of primary amides is 1. The summed E-state index contributed by atoms with van der Waals surface area (Å²) in [6.45, 7) is 1.56. The number of rotatable bonds is 4. The molecule has 0 radical (unpaired) electrons. The molecule has 1 aliphatic heterocycles. The van der Waals surface area contributed by atoms with E-state index < -0.39 is 17.7 Å². The van der Waals surface area contributed by atoms with Gasteiger partial charge in [0.2, 0.25) is 11.8 Å². The predicted molar refractivity (Wildman–Crippen MR) is 92.3 cm³/mol. The van der Waals surface area contributed by atoms with Gasteiger partial charge in [-0.2, -0.15) is 0 Å². The first-order chi connectivity index (χ1) is 11.9. The summed E-state index contributed by atoms with van der Waals surface area (Å²) in [5.74, 6) is -1.11. The van der Waals surface area contributed by atoms with Crippen LogP contribution in [0, 0.1) is 0 Å². The van der Waals surface area contributed by atoms with E-state index in [2.05, 4.69) is 0 Å². The maximum atomic E-state index is 12.5. The van der Waals surface area contributed by atoms with Crippen molar-refractivity contribution in [3.05, 3.63) is 33.8 Å². The molecule has 8 nitrogen and oxygen atoms in total. The van der Waals surface area contributed by atoms with E-state index >= 15 is 0 Å². The van der Waals surface area contributed by atoms with Gasteiger partial charge in [-0.25, -0.2) is 4.79 Å². The Hall–Kier alpha value is -2.32. The Morgan fingerprint density at radius 3 is 2.84 bits per heavy atom.